The lowest BCUT2D eigenvalue weighted by molar-refractivity contribution is 0.560. The molecule has 1 aromatic carbocycles. The standard InChI is InChI=1S/C14H15NO2/c1-3-4-7-15-11-5-6-12-10(2)8-14(16)17-13(12)9-11/h3,5-6,8-9,15H,1,4,7H2,2H3. The molecular weight excluding hydrogens is 214 g/mol. The summed E-state index contributed by atoms with van der Waals surface area (Å²) in [5.41, 5.74) is 2.21. The van der Waals surface area contributed by atoms with Crippen molar-refractivity contribution in [2.45, 2.75) is 13.3 Å². The molecule has 0 amide bonds. The molecule has 1 heterocycles. The van der Waals surface area contributed by atoms with Crippen LogP contribution in [0.15, 0.2) is 46.1 Å². The van der Waals surface area contributed by atoms with E-state index in [-0.39, 0.29) is 5.63 Å². The Labute approximate surface area is 99.8 Å². The van der Waals surface area contributed by atoms with Crippen molar-refractivity contribution >= 4 is 16.7 Å². The quantitative estimate of drug-likeness (QED) is 0.497. The fourth-order valence-electron chi connectivity index (χ4n) is 1.75. The van der Waals surface area contributed by atoms with Gasteiger partial charge in [0.1, 0.15) is 5.58 Å². The molecule has 3 nitrogen and oxygen atoms in total. The van der Waals surface area contributed by atoms with Gasteiger partial charge in [-0.3, -0.25) is 0 Å². The number of hydrogen-bond donors (Lipinski definition) is 1. The Morgan fingerprint density at radius 1 is 1.41 bits per heavy atom. The van der Waals surface area contributed by atoms with Gasteiger partial charge < -0.3 is 9.73 Å². The molecule has 17 heavy (non-hydrogen) atoms. The van der Waals surface area contributed by atoms with Crippen LogP contribution in [-0.2, 0) is 0 Å². The van der Waals surface area contributed by atoms with Gasteiger partial charge in [0.25, 0.3) is 0 Å². The number of fused-ring (bicyclic) bond motifs is 1. The van der Waals surface area contributed by atoms with E-state index in [2.05, 4.69) is 11.9 Å². The smallest absolute Gasteiger partial charge is 0.336 e. The van der Waals surface area contributed by atoms with Gasteiger partial charge in [0.15, 0.2) is 0 Å². The fourth-order valence-corrected chi connectivity index (χ4v) is 1.75. The number of rotatable bonds is 4. The molecule has 0 atom stereocenters. The second kappa shape index (κ2) is 4.87. The van der Waals surface area contributed by atoms with E-state index in [4.69, 9.17) is 4.42 Å². The third kappa shape index (κ3) is 2.56. The first-order chi connectivity index (χ1) is 8.20. The number of nitrogens with one attached hydrogen (secondary N) is 1. The van der Waals surface area contributed by atoms with E-state index in [1.165, 1.54) is 6.07 Å². The lowest BCUT2D eigenvalue weighted by Gasteiger charge is -2.06. The largest absolute Gasteiger partial charge is 0.423 e. The van der Waals surface area contributed by atoms with Crippen molar-refractivity contribution in [1.82, 2.24) is 0 Å². The minimum atomic E-state index is -0.307. The van der Waals surface area contributed by atoms with Crippen molar-refractivity contribution in [3.63, 3.8) is 0 Å². The average Bonchev–Trinajstić information content (AvgIpc) is 2.28. The molecule has 0 aliphatic heterocycles. The highest BCUT2D eigenvalue weighted by Gasteiger charge is 2.02. The van der Waals surface area contributed by atoms with Gasteiger partial charge in [0.05, 0.1) is 0 Å². The van der Waals surface area contributed by atoms with Gasteiger partial charge in [-0.2, -0.15) is 0 Å². The minimum Gasteiger partial charge on any atom is -0.423 e. The first-order valence-electron chi connectivity index (χ1n) is 5.60. The van der Waals surface area contributed by atoms with Crippen molar-refractivity contribution in [1.29, 1.82) is 0 Å². The predicted octanol–water partition coefficient (Wildman–Crippen LogP) is 3.09. The van der Waals surface area contributed by atoms with Crippen LogP contribution in [0.1, 0.15) is 12.0 Å². The Bertz CT molecular complexity index is 599. The summed E-state index contributed by atoms with van der Waals surface area (Å²) in [5, 5.41) is 4.21. The molecular formula is C14H15NO2. The van der Waals surface area contributed by atoms with Crippen molar-refractivity contribution in [2.75, 3.05) is 11.9 Å². The molecule has 0 unspecified atom stereocenters. The highest BCUT2D eigenvalue weighted by molar-refractivity contribution is 5.83. The van der Waals surface area contributed by atoms with Gasteiger partial charge in [0, 0.05) is 29.8 Å². The molecule has 0 saturated carbocycles. The summed E-state index contributed by atoms with van der Waals surface area (Å²) >= 11 is 0. The van der Waals surface area contributed by atoms with Crippen LogP contribution in [0, 0.1) is 6.92 Å². The molecule has 0 radical (unpaired) electrons. The van der Waals surface area contributed by atoms with Crippen LogP contribution in [0.4, 0.5) is 5.69 Å². The van der Waals surface area contributed by atoms with Crippen LogP contribution >= 0.6 is 0 Å². The molecule has 0 aliphatic rings. The van der Waals surface area contributed by atoms with Gasteiger partial charge in [-0.15, -0.1) is 6.58 Å². The first-order valence-corrected chi connectivity index (χ1v) is 5.60. The lowest BCUT2D eigenvalue weighted by Crippen LogP contribution is -2.01. The van der Waals surface area contributed by atoms with E-state index in [1.54, 1.807) is 0 Å². The zero-order valence-electron chi connectivity index (χ0n) is 9.82. The van der Waals surface area contributed by atoms with E-state index < -0.39 is 0 Å². The van der Waals surface area contributed by atoms with Crippen LogP contribution < -0.4 is 10.9 Å². The summed E-state index contributed by atoms with van der Waals surface area (Å²) in [5.74, 6) is 0. The highest BCUT2D eigenvalue weighted by Crippen LogP contribution is 2.20. The third-order valence-corrected chi connectivity index (χ3v) is 2.63. The first kappa shape index (κ1) is 11.5. The van der Waals surface area contributed by atoms with E-state index in [1.807, 2.05) is 31.2 Å². The molecule has 0 fully saturated rings. The third-order valence-electron chi connectivity index (χ3n) is 2.63. The number of anilines is 1. The van der Waals surface area contributed by atoms with Crippen molar-refractivity contribution < 1.29 is 4.42 Å². The van der Waals surface area contributed by atoms with Crippen LogP contribution in [0.3, 0.4) is 0 Å². The Morgan fingerprint density at radius 2 is 2.24 bits per heavy atom. The van der Waals surface area contributed by atoms with Crippen LogP contribution in [0.2, 0.25) is 0 Å². The van der Waals surface area contributed by atoms with Gasteiger partial charge in [-0.25, -0.2) is 4.79 Å². The molecule has 1 N–H and O–H groups in total. The molecule has 0 spiro atoms. The molecule has 0 bridgehead atoms. The normalized spacial score (nSPS) is 10.4. The molecule has 2 rings (SSSR count). The number of benzene rings is 1. The lowest BCUT2D eigenvalue weighted by atomic mass is 10.1. The van der Waals surface area contributed by atoms with Crippen LogP contribution in [-0.4, -0.2) is 6.54 Å². The zero-order valence-corrected chi connectivity index (χ0v) is 9.82. The van der Waals surface area contributed by atoms with Crippen molar-refractivity contribution in [3.05, 3.63) is 52.9 Å². The maximum atomic E-state index is 11.3. The van der Waals surface area contributed by atoms with Gasteiger partial charge in [-0.05, 0) is 31.0 Å². The van der Waals surface area contributed by atoms with E-state index in [0.29, 0.717) is 5.58 Å². The second-order valence-electron chi connectivity index (χ2n) is 3.96. The molecule has 3 heteroatoms. The van der Waals surface area contributed by atoms with E-state index >= 15 is 0 Å². The fraction of sp³-hybridized carbons (Fsp3) is 0.214. The van der Waals surface area contributed by atoms with Gasteiger partial charge >= 0.3 is 5.63 Å². The monoisotopic (exact) mass is 229 g/mol. The Kier molecular flexibility index (Phi) is 3.28. The Balaban J connectivity index is 2.36. The topological polar surface area (TPSA) is 42.2 Å². The molecule has 88 valence electrons. The zero-order chi connectivity index (χ0) is 12.3. The summed E-state index contributed by atoms with van der Waals surface area (Å²) in [6.07, 6.45) is 2.76. The minimum absolute atomic E-state index is 0.307. The van der Waals surface area contributed by atoms with Crippen LogP contribution in [0.25, 0.3) is 11.0 Å². The predicted molar refractivity (Wildman–Crippen MR) is 70.5 cm³/mol. The van der Waals surface area contributed by atoms with Crippen molar-refractivity contribution in [3.8, 4) is 0 Å². The average molecular weight is 229 g/mol. The summed E-state index contributed by atoms with van der Waals surface area (Å²) in [4.78, 5) is 11.3. The second-order valence-corrected chi connectivity index (χ2v) is 3.96. The Hall–Kier alpha value is -2.03. The number of hydrogen-bond acceptors (Lipinski definition) is 3. The summed E-state index contributed by atoms with van der Waals surface area (Å²) in [7, 11) is 0. The maximum absolute atomic E-state index is 11.3. The van der Waals surface area contributed by atoms with Gasteiger partial charge in [0.2, 0.25) is 0 Å². The summed E-state index contributed by atoms with van der Waals surface area (Å²) in [6.45, 7) is 6.40. The van der Waals surface area contributed by atoms with E-state index in [9.17, 15) is 4.79 Å². The molecule has 2 aromatic rings. The van der Waals surface area contributed by atoms with Gasteiger partial charge in [-0.1, -0.05) is 6.08 Å². The summed E-state index contributed by atoms with van der Waals surface area (Å²) in [6, 6.07) is 7.31. The summed E-state index contributed by atoms with van der Waals surface area (Å²) < 4.78 is 5.17. The van der Waals surface area contributed by atoms with E-state index in [0.717, 1.165) is 29.6 Å². The number of aryl methyl sites for hydroxylation is 1. The van der Waals surface area contributed by atoms with Crippen molar-refractivity contribution in [2.24, 2.45) is 0 Å². The molecule has 1 aromatic heterocycles. The molecule has 0 aliphatic carbocycles. The molecule has 0 saturated heterocycles. The SMILES string of the molecule is C=CCCNc1ccc2c(C)cc(=O)oc2c1. The highest BCUT2D eigenvalue weighted by atomic mass is 16.4. The Morgan fingerprint density at radius 3 is 3.00 bits per heavy atom. The maximum Gasteiger partial charge on any atom is 0.336 e. The van der Waals surface area contributed by atoms with Crippen LogP contribution in [0.5, 0.6) is 0 Å².